The molecule has 0 bridgehead atoms. The fraction of sp³-hybridized carbons (Fsp3) is 0.905. The van der Waals surface area contributed by atoms with Gasteiger partial charge in [0.2, 0.25) is 0 Å². The van der Waals surface area contributed by atoms with Crippen LogP contribution in [-0.2, 0) is 23.1 Å². The summed E-state index contributed by atoms with van der Waals surface area (Å²) in [7, 11) is -4.64. The lowest BCUT2D eigenvalue weighted by molar-refractivity contribution is -0.0567. The van der Waals surface area contributed by atoms with Crippen LogP contribution in [0.3, 0.4) is 0 Å². The smallest absolute Gasteiger partial charge is 0.388 e. The summed E-state index contributed by atoms with van der Waals surface area (Å²) in [5, 5.41) is 34.4. The van der Waals surface area contributed by atoms with Gasteiger partial charge in [-0.25, -0.2) is 9.36 Å². The minimum absolute atomic E-state index is 0.0481. The predicted octanol–water partition coefficient (Wildman–Crippen LogP) is 8.97. The lowest BCUT2D eigenvalue weighted by atomic mass is 10.0. The largest absolute Gasteiger partial charge is 0.472 e. The van der Waals surface area contributed by atoms with Gasteiger partial charge in [-0.3, -0.25) is 13.6 Å². The highest BCUT2D eigenvalue weighted by Gasteiger charge is 2.45. The third-order valence-electron chi connectivity index (χ3n) is 10.6. The van der Waals surface area contributed by atoms with Crippen molar-refractivity contribution < 1.29 is 43.3 Å². The number of anilines is 1. The van der Waals surface area contributed by atoms with Gasteiger partial charge in [-0.1, -0.05) is 168 Å². The molecule has 1 saturated heterocycles. The number of hydrogen-bond acceptors (Lipinski definition) is 11. The Labute approximate surface area is 338 Å². The van der Waals surface area contributed by atoms with E-state index in [4.69, 9.17) is 18.5 Å². The first kappa shape index (κ1) is 50.7. The van der Waals surface area contributed by atoms with Crippen LogP contribution in [0.2, 0.25) is 0 Å². The van der Waals surface area contributed by atoms with Gasteiger partial charge in [0.25, 0.3) is 0 Å². The van der Waals surface area contributed by atoms with Crippen molar-refractivity contribution in [1.82, 2.24) is 9.55 Å². The maximum atomic E-state index is 12.8. The summed E-state index contributed by atoms with van der Waals surface area (Å²) in [4.78, 5) is 26.9. The average Bonchev–Trinajstić information content (AvgIpc) is 3.46. The van der Waals surface area contributed by atoms with Crippen LogP contribution in [0.4, 0.5) is 5.82 Å². The molecule has 0 saturated carbocycles. The topological polar surface area (TPSA) is 182 Å². The van der Waals surface area contributed by atoms with E-state index in [0.29, 0.717) is 19.0 Å². The van der Waals surface area contributed by atoms with Crippen LogP contribution in [-0.4, -0.2) is 87.2 Å². The van der Waals surface area contributed by atoms with E-state index in [9.17, 15) is 29.6 Å². The Hall–Kier alpha value is -1.41. The third kappa shape index (κ3) is 23.9. The summed E-state index contributed by atoms with van der Waals surface area (Å²) in [5.74, 6) is 0.404. The number of aliphatic hydroxyl groups is 3. The summed E-state index contributed by atoms with van der Waals surface area (Å²) < 4.78 is 34.6. The van der Waals surface area contributed by atoms with Crippen molar-refractivity contribution in [3.63, 3.8) is 0 Å². The molecule has 56 heavy (non-hydrogen) atoms. The molecule has 6 atom stereocenters. The summed E-state index contributed by atoms with van der Waals surface area (Å²) in [5.41, 5.74) is -0.682. The van der Waals surface area contributed by atoms with Gasteiger partial charge in [-0.2, -0.15) is 4.98 Å². The van der Waals surface area contributed by atoms with Crippen LogP contribution in [0.15, 0.2) is 17.1 Å². The predicted molar refractivity (Wildman–Crippen MR) is 223 cm³/mol. The number of nitrogens with zero attached hydrogens (tertiary/aromatic N) is 2. The zero-order valence-corrected chi connectivity index (χ0v) is 35.9. The van der Waals surface area contributed by atoms with Crippen molar-refractivity contribution in [2.45, 2.75) is 211 Å². The van der Waals surface area contributed by atoms with Crippen LogP contribution >= 0.6 is 7.82 Å². The van der Waals surface area contributed by atoms with E-state index in [0.717, 1.165) is 36.7 Å². The maximum absolute atomic E-state index is 12.8. The molecule has 13 nitrogen and oxygen atoms in total. The molecule has 0 radical (unpaired) electrons. The molecule has 1 aromatic heterocycles. The molecular formula is C42H80N3O10P. The van der Waals surface area contributed by atoms with Crippen molar-refractivity contribution in [3.8, 4) is 0 Å². The van der Waals surface area contributed by atoms with Gasteiger partial charge in [-0.05, 0) is 18.9 Å². The summed E-state index contributed by atoms with van der Waals surface area (Å²) in [6.07, 6.45) is 27.7. The number of unbranched alkanes of at least 4 members (excludes halogenated alkanes) is 24. The van der Waals surface area contributed by atoms with Gasteiger partial charge in [0.15, 0.2) is 6.23 Å². The van der Waals surface area contributed by atoms with Crippen LogP contribution in [0.5, 0.6) is 0 Å². The molecule has 0 spiro atoms. The Kier molecular flexibility index (Phi) is 29.4. The van der Waals surface area contributed by atoms with Gasteiger partial charge in [-0.15, -0.1) is 0 Å². The van der Waals surface area contributed by atoms with E-state index in [2.05, 4.69) is 24.1 Å². The summed E-state index contributed by atoms with van der Waals surface area (Å²) >= 11 is 0. The second-order valence-electron chi connectivity index (χ2n) is 15.7. The van der Waals surface area contributed by atoms with Gasteiger partial charge in [0, 0.05) is 19.3 Å². The summed E-state index contributed by atoms with van der Waals surface area (Å²) in [6.45, 7) is 4.51. The number of aliphatic hydroxyl groups excluding tert-OH is 3. The van der Waals surface area contributed by atoms with E-state index in [1.54, 1.807) is 6.07 Å². The van der Waals surface area contributed by atoms with Crippen LogP contribution in [0.25, 0.3) is 0 Å². The molecule has 14 heteroatoms. The Bertz CT molecular complexity index is 1190. The summed E-state index contributed by atoms with van der Waals surface area (Å²) in [6, 6.07) is 1.59. The molecule has 328 valence electrons. The second-order valence-corrected chi connectivity index (χ2v) is 17.2. The number of rotatable bonds is 38. The van der Waals surface area contributed by atoms with Crippen LogP contribution in [0, 0.1) is 0 Å². The quantitative estimate of drug-likeness (QED) is 0.0316. The Morgan fingerprint density at radius 1 is 0.732 bits per heavy atom. The number of nitrogens with one attached hydrogen (secondary N) is 1. The first-order valence-electron chi connectivity index (χ1n) is 22.4. The number of phosphoric ester groups is 1. The minimum Gasteiger partial charge on any atom is -0.388 e. The minimum atomic E-state index is -4.64. The Morgan fingerprint density at radius 2 is 1.21 bits per heavy atom. The molecule has 0 aliphatic carbocycles. The number of aromatic nitrogens is 2. The van der Waals surface area contributed by atoms with E-state index >= 15 is 0 Å². The highest BCUT2D eigenvalue weighted by Crippen LogP contribution is 2.44. The lowest BCUT2D eigenvalue weighted by Gasteiger charge is -2.19. The molecule has 2 unspecified atom stereocenters. The first-order valence-corrected chi connectivity index (χ1v) is 23.9. The van der Waals surface area contributed by atoms with Crippen molar-refractivity contribution in [3.05, 3.63) is 22.7 Å². The SMILES string of the molecule is CCCCCCCCCCCCCCCCCCOCC(O)COP(=O)(O)OC[C@H]1O[C@@H](n2ccc(NCCCCCCCCCCCC)nc2=O)[C@@H](O)[C@@H]1O. The molecule has 0 aromatic carbocycles. The average molecular weight is 818 g/mol. The maximum Gasteiger partial charge on any atom is 0.472 e. The van der Waals surface area contributed by atoms with E-state index in [-0.39, 0.29) is 6.61 Å². The van der Waals surface area contributed by atoms with Crippen molar-refractivity contribution in [2.75, 3.05) is 38.3 Å². The van der Waals surface area contributed by atoms with Crippen molar-refractivity contribution >= 4 is 13.6 Å². The highest BCUT2D eigenvalue weighted by molar-refractivity contribution is 7.47. The van der Waals surface area contributed by atoms with Crippen molar-refractivity contribution in [2.24, 2.45) is 0 Å². The molecular weight excluding hydrogens is 737 g/mol. The van der Waals surface area contributed by atoms with Gasteiger partial charge < -0.3 is 35.0 Å². The molecule has 5 N–H and O–H groups in total. The standard InChI is InChI=1S/C42H80N3O10P/c1-3-5-7-9-11-13-15-16-17-18-19-20-22-24-26-28-32-52-33-36(46)34-53-56(50,51)54-35-37-39(47)40(48)41(55-37)45-31-29-38(44-42(45)49)43-30-27-25-23-21-14-12-10-8-6-4-2/h29,31,36-37,39-41,46-48H,3-28,30,32-35H2,1-2H3,(H,50,51)(H,43,44,49)/t36?,37-,39-,40+,41-/m1/s1. The fourth-order valence-corrected chi connectivity index (χ4v) is 7.81. The molecule has 1 aliphatic rings. The Balaban J connectivity index is 1.52. The fourth-order valence-electron chi connectivity index (χ4n) is 7.04. The monoisotopic (exact) mass is 818 g/mol. The molecule has 1 aromatic rings. The molecule has 1 fully saturated rings. The lowest BCUT2D eigenvalue weighted by Crippen LogP contribution is -2.36. The number of ether oxygens (including phenoxy) is 2. The molecule has 2 rings (SSSR count). The number of phosphoric acid groups is 1. The van der Waals surface area contributed by atoms with Gasteiger partial charge >= 0.3 is 13.5 Å². The second kappa shape index (κ2) is 32.4. The zero-order chi connectivity index (χ0) is 40.7. The van der Waals surface area contributed by atoms with Gasteiger partial charge in [0.05, 0.1) is 19.8 Å². The van der Waals surface area contributed by atoms with E-state index in [1.165, 1.54) is 141 Å². The molecule has 2 heterocycles. The normalized spacial score (nSPS) is 20.0. The van der Waals surface area contributed by atoms with Crippen molar-refractivity contribution in [1.29, 1.82) is 0 Å². The van der Waals surface area contributed by atoms with Crippen LogP contribution in [0.1, 0.15) is 187 Å². The molecule has 1 aliphatic heterocycles. The zero-order valence-electron chi connectivity index (χ0n) is 35.0. The third-order valence-corrected chi connectivity index (χ3v) is 11.5. The molecule has 0 amide bonds. The Morgan fingerprint density at radius 3 is 1.71 bits per heavy atom. The van der Waals surface area contributed by atoms with Gasteiger partial charge in [0.1, 0.15) is 30.2 Å². The first-order chi connectivity index (χ1) is 27.2. The van der Waals surface area contributed by atoms with E-state index < -0.39 is 57.4 Å². The van der Waals surface area contributed by atoms with Crippen LogP contribution < -0.4 is 11.0 Å². The highest BCUT2D eigenvalue weighted by atomic mass is 31.2. The van der Waals surface area contributed by atoms with E-state index in [1.807, 2.05) is 0 Å². The number of hydrogen-bond donors (Lipinski definition) is 5.